The number of halogens is 1. The SMILES string of the molecule is CC(c1ccc(Cl)cc1)N(C)Cc1cnc(NN)s1. The third kappa shape index (κ3) is 3.67. The molecule has 0 saturated carbocycles. The predicted molar refractivity (Wildman–Crippen MR) is 81.3 cm³/mol. The zero-order valence-corrected chi connectivity index (χ0v) is 12.5. The summed E-state index contributed by atoms with van der Waals surface area (Å²) < 4.78 is 0. The quantitative estimate of drug-likeness (QED) is 0.657. The molecule has 0 aliphatic rings. The first-order valence-corrected chi connectivity index (χ1v) is 7.16. The molecule has 2 rings (SSSR count). The van der Waals surface area contributed by atoms with Gasteiger partial charge in [0.05, 0.1) is 0 Å². The summed E-state index contributed by atoms with van der Waals surface area (Å²) in [5, 5.41) is 1.50. The second-order valence-electron chi connectivity index (χ2n) is 4.42. The molecule has 0 radical (unpaired) electrons. The van der Waals surface area contributed by atoms with E-state index in [1.54, 1.807) is 11.3 Å². The molecule has 19 heavy (non-hydrogen) atoms. The number of nitrogens with one attached hydrogen (secondary N) is 1. The summed E-state index contributed by atoms with van der Waals surface area (Å²) >= 11 is 7.47. The van der Waals surface area contributed by atoms with Crippen LogP contribution in [-0.2, 0) is 6.54 Å². The number of rotatable bonds is 5. The zero-order chi connectivity index (χ0) is 13.8. The van der Waals surface area contributed by atoms with Crippen molar-refractivity contribution in [1.29, 1.82) is 0 Å². The normalized spacial score (nSPS) is 12.7. The van der Waals surface area contributed by atoms with Gasteiger partial charge in [0.2, 0.25) is 0 Å². The first-order chi connectivity index (χ1) is 9.10. The van der Waals surface area contributed by atoms with Crippen LogP contribution in [0.25, 0.3) is 0 Å². The molecule has 4 nitrogen and oxygen atoms in total. The highest BCUT2D eigenvalue weighted by molar-refractivity contribution is 7.15. The Kier molecular flexibility index (Phi) is 4.76. The Balaban J connectivity index is 2.02. The molecule has 0 spiro atoms. The number of hydrazine groups is 1. The minimum absolute atomic E-state index is 0.314. The van der Waals surface area contributed by atoms with Crippen LogP contribution >= 0.6 is 22.9 Å². The van der Waals surface area contributed by atoms with Gasteiger partial charge in [0.25, 0.3) is 0 Å². The number of thiazole rings is 1. The summed E-state index contributed by atoms with van der Waals surface area (Å²) in [6.45, 7) is 3.01. The van der Waals surface area contributed by atoms with E-state index in [4.69, 9.17) is 17.4 Å². The van der Waals surface area contributed by atoms with E-state index in [0.29, 0.717) is 6.04 Å². The zero-order valence-electron chi connectivity index (χ0n) is 10.9. The summed E-state index contributed by atoms with van der Waals surface area (Å²) in [6.07, 6.45) is 1.85. The molecule has 1 aromatic heterocycles. The van der Waals surface area contributed by atoms with Crippen molar-refractivity contribution in [3.63, 3.8) is 0 Å². The third-order valence-electron chi connectivity index (χ3n) is 3.10. The Morgan fingerprint density at radius 1 is 1.42 bits per heavy atom. The lowest BCUT2D eigenvalue weighted by atomic mass is 10.1. The first kappa shape index (κ1) is 14.3. The fraction of sp³-hybridized carbons (Fsp3) is 0.308. The molecule has 1 aromatic carbocycles. The van der Waals surface area contributed by atoms with E-state index in [2.05, 4.69) is 41.4 Å². The Labute approximate surface area is 122 Å². The number of nitrogen functional groups attached to an aromatic ring is 1. The van der Waals surface area contributed by atoms with Gasteiger partial charge in [0.15, 0.2) is 5.13 Å². The van der Waals surface area contributed by atoms with Crippen LogP contribution in [0.3, 0.4) is 0 Å². The summed E-state index contributed by atoms with van der Waals surface area (Å²) in [6, 6.07) is 8.27. The average Bonchev–Trinajstić information content (AvgIpc) is 2.86. The average molecular weight is 297 g/mol. The van der Waals surface area contributed by atoms with Crippen LogP contribution < -0.4 is 11.3 Å². The maximum atomic E-state index is 5.91. The fourth-order valence-corrected chi connectivity index (χ4v) is 2.74. The van der Waals surface area contributed by atoms with Gasteiger partial charge in [-0.2, -0.15) is 0 Å². The summed E-state index contributed by atoms with van der Waals surface area (Å²) in [5.41, 5.74) is 3.81. The van der Waals surface area contributed by atoms with Crippen molar-refractivity contribution in [3.05, 3.63) is 45.9 Å². The Hall–Kier alpha value is -1.14. The Morgan fingerprint density at radius 2 is 2.11 bits per heavy atom. The van der Waals surface area contributed by atoms with Crippen molar-refractivity contribution in [3.8, 4) is 0 Å². The van der Waals surface area contributed by atoms with Gasteiger partial charge in [-0.05, 0) is 31.7 Å². The van der Waals surface area contributed by atoms with Crippen LogP contribution in [0.4, 0.5) is 5.13 Å². The largest absolute Gasteiger partial charge is 0.300 e. The number of anilines is 1. The first-order valence-electron chi connectivity index (χ1n) is 5.97. The van der Waals surface area contributed by atoms with Gasteiger partial charge in [-0.15, -0.1) is 0 Å². The molecule has 0 fully saturated rings. The minimum Gasteiger partial charge on any atom is -0.300 e. The van der Waals surface area contributed by atoms with Crippen molar-refractivity contribution < 1.29 is 0 Å². The van der Waals surface area contributed by atoms with Crippen molar-refractivity contribution in [2.75, 3.05) is 12.5 Å². The lowest BCUT2D eigenvalue weighted by Gasteiger charge is -2.24. The maximum Gasteiger partial charge on any atom is 0.197 e. The van der Waals surface area contributed by atoms with E-state index in [1.807, 2.05) is 18.3 Å². The van der Waals surface area contributed by atoms with Gasteiger partial charge in [-0.1, -0.05) is 35.1 Å². The van der Waals surface area contributed by atoms with Crippen LogP contribution in [0.15, 0.2) is 30.5 Å². The smallest absolute Gasteiger partial charge is 0.197 e. The van der Waals surface area contributed by atoms with Gasteiger partial charge in [-0.25, -0.2) is 10.8 Å². The number of nitrogens with two attached hydrogens (primary N) is 1. The lowest BCUT2D eigenvalue weighted by molar-refractivity contribution is 0.255. The molecule has 3 N–H and O–H groups in total. The fourth-order valence-electron chi connectivity index (χ4n) is 1.83. The molecule has 0 aliphatic heterocycles. The minimum atomic E-state index is 0.314. The van der Waals surface area contributed by atoms with Crippen LogP contribution in [0.2, 0.25) is 5.02 Å². The standard InChI is InChI=1S/C13H17ClN4S/c1-9(10-3-5-11(14)6-4-10)18(2)8-12-7-16-13(17-15)19-12/h3-7,9H,8,15H2,1-2H3,(H,16,17). The van der Waals surface area contributed by atoms with E-state index in [0.717, 1.165) is 16.7 Å². The highest BCUT2D eigenvalue weighted by Gasteiger charge is 2.13. The second kappa shape index (κ2) is 6.34. The van der Waals surface area contributed by atoms with Gasteiger partial charge < -0.3 is 0 Å². The van der Waals surface area contributed by atoms with Gasteiger partial charge in [0, 0.05) is 28.7 Å². The molecule has 0 saturated heterocycles. The number of aromatic nitrogens is 1. The number of hydrogen-bond donors (Lipinski definition) is 2. The van der Waals surface area contributed by atoms with Crippen molar-refractivity contribution in [1.82, 2.24) is 9.88 Å². The van der Waals surface area contributed by atoms with E-state index >= 15 is 0 Å². The van der Waals surface area contributed by atoms with E-state index in [-0.39, 0.29) is 0 Å². The molecule has 0 aliphatic carbocycles. The molecule has 2 aromatic rings. The molecule has 0 bridgehead atoms. The molecule has 6 heteroatoms. The predicted octanol–water partition coefficient (Wildman–Crippen LogP) is 3.28. The monoisotopic (exact) mass is 296 g/mol. The van der Waals surface area contributed by atoms with Gasteiger partial charge in [0.1, 0.15) is 0 Å². The van der Waals surface area contributed by atoms with Crippen LogP contribution in [0.5, 0.6) is 0 Å². The van der Waals surface area contributed by atoms with E-state index in [9.17, 15) is 0 Å². The number of hydrogen-bond acceptors (Lipinski definition) is 5. The highest BCUT2D eigenvalue weighted by Crippen LogP contribution is 2.25. The molecular weight excluding hydrogens is 280 g/mol. The molecular formula is C13H17ClN4S. The summed E-state index contributed by atoms with van der Waals surface area (Å²) in [7, 11) is 2.09. The third-order valence-corrected chi connectivity index (χ3v) is 4.26. The molecule has 102 valence electrons. The maximum absolute atomic E-state index is 5.91. The Morgan fingerprint density at radius 3 is 2.68 bits per heavy atom. The van der Waals surface area contributed by atoms with Crippen LogP contribution in [0, 0.1) is 0 Å². The van der Waals surface area contributed by atoms with Crippen molar-refractivity contribution in [2.45, 2.75) is 19.5 Å². The second-order valence-corrected chi connectivity index (χ2v) is 5.97. The van der Waals surface area contributed by atoms with Crippen LogP contribution in [-0.4, -0.2) is 16.9 Å². The number of nitrogens with zero attached hydrogens (tertiary/aromatic N) is 2. The summed E-state index contributed by atoms with van der Waals surface area (Å²) in [4.78, 5) is 7.61. The molecule has 1 unspecified atom stereocenters. The Bertz CT molecular complexity index is 526. The molecule has 1 atom stereocenters. The van der Waals surface area contributed by atoms with Gasteiger partial charge >= 0.3 is 0 Å². The van der Waals surface area contributed by atoms with Crippen LogP contribution in [0.1, 0.15) is 23.4 Å². The van der Waals surface area contributed by atoms with Gasteiger partial charge in [-0.3, -0.25) is 10.3 Å². The highest BCUT2D eigenvalue weighted by atomic mass is 35.5. The molecule has 0 amide bonds. The van der Waals surface area contributed by atoms with E-state index < -0.39 is 0 Å². The summed E-state index contributed by atoms with van der Waals surface area (Å²) in [5.74, 6) is 5.33. The topological polar surface area (TPSA) is 54.2 Å². The van der Waals surface area contributed by atoms with E-state index in [1.165, 1.54) is 10.4 Å². The van der Waals surface area contributed by atoms with Crippen molar-refractivity contribution >= 4 is 28.1 Å². The molecule has 1 heterocycles. The number of benzene rings is 1. The lowest BCUT2D eigenvalue weighted by Crippen LogP contribution is -2.21. The van der Waals surface area contributed by atoms with Crippen molar-refractivity contribution in [2.24, 2.45) is 5.84 Å².